The van der Waals surface area contributed by atoms with Gasteiger partial charge in [0, 0.05) is 28.5 Å². The van der Waals surface area contributed by atoms with Gasteiger partial charge in [-0.2, -0.15) is 0 Å². The molecule has 12 nitrogen and oxygen atoms in total. The molecule has 2 amide bonds. The predicted molar refractivity (Wildman–Crippen MR) is 180 cm³/mol. The second-order valence-corrected chi connectivity index (χ2v) is 13.8. The van der Waals surface area contributed by atoms with Gasteiger partial charge in [0.05, 0.1) is 27.1 Å². The number of benzene rings is 3. The van der Waals surface area contributed by atoms with Crippen LogP contribution in [-0.2, 0) is 30.3 Å². The van der Waals surface area contributed by atoms with Crippen LogP contribution in [-0.4, -0.2) is 71.7 Å². The number of hydrogen-bond acceptors (Lipinski definition) is 11. The average Bonchev–Trinajstić information content (AvgIpc) is 3.34. The Balaban J connectivity index is 1.01. The van der Waals surface area contributed by atoms with Gasteiger partial charge in [-0.25, -0.2) is 4.79 Å². The smallest absolute Gasteiger partial charge is 0.330 e. The molecule has 1 aromatic heterocycles. The van der Waals surface area contributed by atoms with Crippen LogP contribution in [0.15, 0.2) is 82.0 Å². The van der Waals surface area contributed by atoms with Gasteiger partial charge in [0.1, 0.15) is 58.0 Å². The molecule has 2 aliphatic rings. The molecule has 1 N–H and O–H groups in total. The van der Waals surface area contributed by atoms with Crippen molar-refractivity contribution in [2.45, 2.75) is 48.9 Å². The Hall–Kier alpha value is -5.30. The van der Waals surface area contributed by atoms with Crippen LogP contribution in [0.5, 0.6) is 17.2 Å². The number of nitrogens with zero attached hydrogens (tertiary/aromatic N) is 1. The van der Waals surface area contributed by atoms with Crippen molar-refractivity contribution in [2.24, 2.45) is 0 Å². The van der Waals surface area contributed by atoms with Gasteiger partial charge in [-0.3, -0.25) is 19.2 Å². The van der Waals surface area contributed by atoms with Gasteiger partial charge in [0.2, 0.25) is 11.8 Å². The fourth-order valence-electron chi connectivity index (χ4n) is 5.97. The minimum atomic E-state index is -0.877. The molecule has 3 aromatic carbocycles. The number of carbonyl (C=O) groups is 4. The minimum absolute atomic E-state index is 0.145. The zero-order chi connectivity index (χ0) is 34.9. The maximum atomic E-state index is 13.1. The highest BCUT2D eigenvalue weighted by Gasteiger charge is 2.64. The van der Waals surface area contributed by atoms with Gasteiger partial charge in [-0.1, -0.05) is 30.3 Å². The van der Waals surface area contributed by atoms with E-state index in [0.29, 0.717) is 28.4 Å². The van der Waals surface area contributed by atoms with Gasteiger partial charge >= 0.3 is 11.9 Å². The third kappa shape index (κ3) is 6.84. The zero-order valence-electron chi connectivity index (χ0n) is 27.2. The normalized spacial score (nSPS) is 19.1. The number of thioether (sulfide) groups is 1. The van der Waals surface area contributed by atoms with Gasteiger partial charge in [0.15, 0.2) is 5.43 Å². The number of rotatable bonds is 11. The Morgan fingerprint density at radius 2 is 1.67 bits per heavy atom. The molecule has 2 aliphatic heterocycles. The summed E-state index contributed by atoms with van der Waals surface area (Å²) in [6.07, 6.45) is -0.0712. The molecule has 0 radical (unpaired) electrons. The molecular weight excluding hydrogens is 652 g/mol. The van der Waals surface area contributed by atoms with Gasteiger partial charge in [-0.05, 0) is 43.7 Å². The molecule has 0 spiro atoms. The molecule has 2 fully saturated rings. The van der Waals surface area contributed by atoms with Crippen molar-refractivity contribution in [1.82, 2.24) is 10.2 Å². The second-order valence-electron chi connectivity index (χ2n) is 12.1. The largest absolute Gasteiger partial charge is 0.496 e. The molecule has 0 bridgehead atoms. The number of hydrogen-bond donors (Lipinski definition) is 1. The lowest BCUT2D eigenvalue weighted by Crippen LogP contribution is -2.70. The minimum Gasteiger partial charge on any atom is -0.496 e. The van der Waals surface area contributed by atoms with E-state index in [1.54, 1.807) is 36.4 Å². The maximum absolute atomic E-state index is 13.1. The summed E-state index contributed by atoms with van der Waals surface area (Å²) in [5.41, 5.74) is 1.41. The maximum Gasteiger partial charge on any atom is 0.330 e. The van der Waals surface area contributed by atoms with Crippen molar-refractivity contribution >= 4 is 46.5 Å². The van der Waals surface area contributed by atoms with E-state index in [1.165, 1.54) is 36.9 Å². The fraction of sp³-hybridized carbons (Fsp3) is 0.306. The van der Waals surface area contributed by atoms with Gasteiger partial charge < -0.3 is 33.6 Å². The zero-order valence-corrected chi connectivity index (χ0v) is 28.0. The second kappa shape index (κ2) is 13.7. The Labute approximate surface area is 285 Å². The third-order valence-corrected chi connectivity index (χ3v) is 9.90. The van der Waals surface area contributed by atoms with Crippen LogP contribution in [0.25, 0.3) is 22.3 Å². The molecule has 0 saturated carbocycles. The quantitative estimate of drug-likeness (QED) is 0.138. The highest BCUT2D eigenvalue weighted by atomic mass is 32.2. The van der Waals surface area contributed by atoms with Gasteiger partial charge in [0.25, 0.3) is 0 Å². The number of amides is 2. The summed E-state index contributed by atoms with van der Waals surface area (Å²) in [4.78, 5) is 65.7. The highest BCUT2D eigenvalue weighted by molar-refractivity contribution is 8.01. The summed E-state index contributed by atoms with van der Waals surface area (Å²) in [5, 5.41) is 2.69. The van der Waals surface area contributed by atoms with E-state index in [0.717, 1.165) is 5.56 Å². The molecular formula is C36H34N2O10S. The van der Waals surface area contributed by atoms with E-state index in [4.69, 9.17) is 23.4 Å². The Bertz CT molecular complexity index is 1980. The Morgan fingerprint density at radius 3 is 2.37 bits per heavy atom. The third-order valence-electron chi connectivity index (χ3n) is 8.33. The lowest BCUT2D eigenvalue weighted by Gasteiger charge is -2.43. The molecule has 3 atom stereocenters. The monoisotopic (exact) mass is 686 g/mol. The first-order valence-electron chi connectivity index (χ1n) is 15.5. The van der Waals surface area contributed by atoms with Crippen molar-refractivity contribution in [3.8, 4) is 28.6 Å². The molecule has 6 rings (SSSR count). The van der Waals surface area contributed by atoms with Crippen LogP contribution in [0.2, 0.25) is 0 Å². The Morgan fingerprint density at radius 1 is 0.939 bits per heavy atom. The summed E-state index contributed by atoms with van der Waals surface area (Å²) >= 11 is 1.42. The lowest BCUT2D eigenvalue weighted by molar-refractivity contribution is -0.164. The SMILES string of the molecule is COc1cc(OC)c2c(=O)cc(-c3ccc(OC(=O)CCOC(=O)[C@@H]4N5C(=O)[C@@H](NC(=O)Cc6ccccc6)[C@H]5SC4(C)C)cc3)oc2c1. The van der Waals surface area contributed by atoms with Crippen LogP contribution >= 0.6 is 11.8 Å². The molecule has 3 heterocycles. The van der Waals surface area contributed by atoms with Crippen molar-refractivity contribution in [3.63, 3.8) is 0 Å². The molecule has 0 aliphatic carbocycles. The van der Waals surface area contributed by atoms with E-state index >= 15 is 0 Å². The van der Waals surface area contributed by atoms with Crippen LogP contribution < -0.4 is 25.0 Å². The summed E-state index contributed by atoms with van der Waals surface area (Å²) in [5.74, 6) is -0.539. The molecule has 4 aromatic rings. The molecule has 0 unspecified atom stereocenters. The van der Waals surface area contributed by atoms with Crippen molar-refractivity contribution in [2.75, 3.05) is 20.8 Å². The van der Waals surface area contributed by atoms with Gasteiger partial charge in [-0.15, -0.1) is 11.8 Å². The molecule has 13 heteroatoms. The number of ether oxygens (including phenoxy) is 4. The first kappa shape index (κ1) is 33.6. The number of methoxy groups -OCH3 is 2. The van der Waals surface area contributed by atoms with E-state index < -0.39 is 34.1 Å². The lowest BCUT2D eigenvalue weighted by atomic mass is 9.96. The number of fused-ring (bicyclic) bond motifs is 2. The fourth-order valence-corrected chi connectivity index (χ4v) is 7.59. The molecule has 2 saturated heterocycles. The first-order valence-corrected chi connectivity index (χ1v) is 16.4. The van der Waals surface area contributed by atoms with Crippen LogP contribution in [0, 0.1) is 0 Å². The van der Waals surface area contributed by atoms with E-state index in [9.17, 15) is 24.0 Å². The van der Waals surface area contributed by atoms with Crippen molar-refractivity contribution < 1.29 is 42.5 Å². The number of β-lactam (4-membered cyclic amide) rings is 1. The summed E-state index contributed by atoms with van der Waals surface area (Å²) in [6.45, 7) is 3.44. The van der Waals surface area contributed by atoms with Crippen molar-refractivity contribution in [1.29, 1.82) is 0 Å². The summed E-state index contributed by atoms with van der Waals surface area (Å²) in [6, 6.07) is 18.6. The Kier molecular flexibility index (Phi) is 9.37. The summed E-state index contributed by atoms with van der Waals surface area (Å²) < 4.78 is 26.7. The number of esters is 2. The van der Waals surface area contributed by atoms with E-state index in [2.05, 4.69) is 5.32 Å². The van der Waals surface area contributed by atoms with E-state index in [-0.39, 0.29) is 47.8 Å². The van der Waals surface area contributed by atoms with Crippen molar-refractivity contribution in [3.05, 3.63) is 88.6 Å². The van der Waals surface area contributed by atoms with Crippen LogP contribution in [0.3, 0.4) is 0 Å². The number of carbonyl (C=O) groups excluding carboxylic acids is 4. The summed E-state index contributed by atoms with van der Waals surface area (Å²) in [7, 11) is 2.95. The first-order chi connectivity index (χ1) is 23.5. The van der Waals surface area contributed by atoms with E-state index in [1.807, 2.05) is 44.2 Å². The van der Waals surface area contributed by atoms with Crippen LogP contribution in [0.4, 0.5) is 0 Å². The average molecular weight is 687 g/mol. The molecule has 49 heavy (non-hydrogen) atoms. The highest BCUT2D eigenvalue weighted by Crippen LogP contribution is 2.51. The topological polar surface area (TPSA) is 151 Å². The predicted octanol–water partition coefficient (Wildman–Crippen LogP) is 4.11. The molecule has 254 valence electrons. The number of nitrogens with one attached hydrogen (secondary N) is 1. The van der Waals surface area contributed by atoms with Crippen LogP contribution in [0.1, 0.15) is 25.8 Å². The standard InChI is InChI=1S/C36H34N2O10S/c1-36(2)32(38-33(42)31(34(38)49-36)37-28(40)16-20-8-6-5-7-9-20)35(43)46-15-14-29(41)47-22-12-10-21(11-13-22)25-19-24(39)30-26(45-4)17-23(44-3)18-27(30)48-25/h5-13,17-19,31-32,34H,14-16H2,1-4H3,(H,37,40)/t31-,32+,34-/m1/s1.